The number of hydrogen-bond acceptors (Lipinski definition) is 0. The van der Waals surface area contributed by atoms with Crippen molar-refractivity contribution < 1.29 is 0 Å². The Kier molecular flexibility index (Phi) is 55.6. The number of hydrogen-bond donors (Lipinski definition) is 0. The summed E-state index contributed by atoms with van der Waals surface area (Å²) < 4.78 is 0. The Morgan fingerprint density at radius 3 is 0.400 bits per heavy atom. The molecule has 0 N–H and O–H groups in total. The van der Waals surface area contributed by atoms with Gasteiger partial charge in [0.1, 0.15) is 0 Å². The van der Waals surface area contributed by atoms with Crippen LogP contribution in [0.3, 0.4) is 0 Å². The second-order valence-corrected chi connectivity index (χ2v) is 19.8. The van der Waals surface area contributed by atoms with Crippen LogP contribution in [0, 0.1) is 0 Å². The van der Waals surface area contributed by atoms with Gasteiger partial charge in [-0.15, -0.1) is 47.7 Å². The summed E-state index contributed by atoms with van der Waals surface area (Å²) in [4.78, 5) is 0. The molecule has 0 amide bonds. The molecule has 0 heterocycles. The summed E-state index contributed by atoms with van der Waals surface area (Å²) in [7, 11) is 1.27. The van der Waals surface area contributed by atoms with Gasteiger partial charge in [-0.3, -0.25) is 0 Å². The number of halogens is 1. The Morgan fingerprint density at radius 1 is 0.225 bits per heavy atom. The highest BCUT2D eigenvalue weighted by Gasteiger charge is 2.07. The van der Waals surface area contributed by atoms with Crippen LogP contribution in [0.2, 0.25) is 0 Å². The number of rotatable bonds is 27. The molecule has 0 unspecified atom stereocenters. The van der Waals surface area contributed by atoms with E-state index in [2.05, 4.69) is 62.3 Å². The van der Waals surface area contributed by atoms with Gasteiger partial charge in [0.05, 0.1) is 0 Å². The third-order valence-electron chi connectivity index (χ3n) is 7.45. The minimum absolute atomic E-state index is 0. The minimum Gasteiger partial charge on any atom is -0.107 e. The molecule has 0 bridgehead atoms. The van der Waals surface area contributed by atoms with E-state index in [9.17, 15) is 0 Å². The SMILES string of the molecule is CCCCP(CCCC)CCCC.CCCCP(CCCC)CCCC.CCCCP(CCCC)CCCC.I. The van der Waals surface area contributed by atoms with Gasteiger partial charge in [0, 0.05) is 0 Å². The summed E-state index contributed by atoms with van der Waals surface area (Å²) in [5.74, 6) is 0. The maximum atomic E-state index is 2.31. The first kappa shape index (κ1) is 48.9. The quantitative estimate of drug-likeness (QED) is 0.0582. The fourth-order valence-corrected chi connectivity index (χ4v) is 13.3. The highest BCUT2D eigenvalue weighted by atomic mass is 127. The molecule has 0 aromatic heterocycles. The molecule has 40 heavy (non-hydrogen) atoms. The highest BCUT2D eigenvalue weighted by Crippen LogP contribution is 2.40. The summed E-state index contributed by atoms with van der Waals surface area (Å²) in [6.07, 6.45) is 39.6. The van der Waals surface area contributed by atoms with Crippen LogP contribution in [-0.4, -0.2) is 55.5 Å². The average Bonchev–Trinajstić information content (AvgIpc) is 2.96. The summed E-state index contributed by atoms with van der Waals surface area (Å²) in [6, 6.07) is 0. The molecule has 0 rings (SSSR count). The maximum Gasteiger partial charge on any atom is -0.0326 e. The first-order chi connectivity index (χ1) is 19.0. The topological polar surface area (TPSA) is 0 Å². The van der Waals surface area contributed by atoms with E-state index in [1.54, 1.807) is 55.5 Å². The van der Waals surface area contributed by atoms with Gasteiger partial charge in [0.15, 0.2) is 0 Å². The molecule has 0 nitrogen and oxygen atoms in total. The van der Waals surface area contributed by atoms with Crippen molar-refractivity contribution in [2.75, 3.05) is 55.5 Å². The molecule has 0 saturated heterocycles. The Morgan fingerprint density at radius 2 is 0.325 bits per heavy atom. The molecule has 0 aliphatic heterocycles. The van der Waals surface area contributed by atoms with Gasteiger partial charge in [-0.2, -0.15) is 0 Å². The van der Waals surface area contributed by atoms with Crippen LogP contribution in [0.15, 0.2) is 0 Å². The molecule has 4 heteroatoms. The van der Waals surface area contributed by atoms with E-state index in [0.717, 1.165) is 0 Å². The second-order valence-electron chi connectivity index (χ2n) is 11.7. The van der Waals surface area contributed by atoms with Gasteiger partial charge in [-0.1, -0.05) is 120 Å². The Labute approximate surface area is 279 Å². The van der Waals surface area contributed by atoms with Crippen molar-refractivity contribution in [2.24, 2.45) is 0 Å². The molecule has 0 aromatic carbocycles. The van der Waals surface area contributed by atoms with Crippen molar-refractivity contribution in [1.29, 1.82) is 0 Å². The first-order valence-electron chi connectivity index (χ1n) is 18.2. The van der Waals surface area contributed by atoms with Crippen LogP contribution in [0.5, 0.6) is 0 Å². The lowest BCUT2D eigenvalue weighted by atomic mass is 10.4. The van der Waals surface area contributed by atoms with Crippen LogP contribution in [0.1, 0.15) is 178 Å². The van der Waals surface area contributed by atoms with E-state index in [4.69, 9.17) is 0 Å². The summed E-state index contributed by atoms with van der Waals surface area (Å²) in [6.45, 7) is 20.8. The predicted octanol–water partition coefficient (Wildman–Crippen LogP) is 15.2. The predicted molar refractivity (Wildman–Crippen MR) is 214 cm³/mol. The molecule has 0 aliphatic carbocycles. The molecule has 0 saturated carbocycles. The van der Waals surface area contributed by atoms with Crippen LogP contribution in [-0.2, 0) is 0 Å². The lowest BCUT2D eigenvalue weighted by Gasteiger charge is -2.16. The molecule has 0 fully saturated rings. The second kappa shape index (κ2) is 45.4. The average molecular weight is 735 g/mol. The van der Waals surface area contributed by atoms with E-state index in [0.29, 0.717) is 23.8 Å². The van der Waals surface area contributed by atoms with E-state index < -0.39 is 0 Å². The van der Waals surface area contributed by atoms with Crippen molar-refractivity contribution in [3.05, 3.63) is 0 Å². The number of unbranched alkanes of at least 4 members (excludes halogenated alkanes) is 9. The Hall–Kier alpha value is 2.02. The zero-order valence-corrected chi connectivity index (χ0v) is 34.9. The lowest BCUT2D eigenvalue weighted by Crippen LogP contribution is -1.95. The van der Waals surface area contributed by atoms with Crippen LogP contribution in [0.4, 0.5) is 0 Å². The zero-order chi connectivity index (χ0) is 29.8. The van der Waals surface area contributed by atoms with Gasteiger partial charge in [0.2, 0.25) is 0 Å². The largest absolute Gasteiger partial charge is 0.107 e. The lowest BCUT2D eigenvalue weighted by molar-refractivity contribution is 0.847. The Bertz CT molecular complexity index is 280. The van der Waals surface area contributed by atoms with Gasteiger partial charge in [0.25, 0.3) is 0 Å². The van der Waals surface area contributed by atoms with Crippen molar-refractivity contribution in [2.45, 2.75) is 178 Å². The van der Waals surface area contributed by atoms with Crippen molar-refractivity contribution >= 4 is 47.7 Å². The van der Waals surface area contributed by atoms with E-state index in [-0.39, 0.29) is 24.0 Å². The van der Waals surface area contributed by atoms with E-state index >= 15 is 0 Å². The Balaban J connectivity index is -0.000000240. The van der Waals surface area contributed by atoms with Gasteiger partial charge >= 0.3 is 0 Å². The molecule has 0 aliphatic rings. The molecular formula is C36H82IP3. The van der Waals surface area contributed by atoms with Crippen molar-refractivity contribution in [3.63, 3.8) is 0 Å². The zero-order valence-electron chi connectivity index (χ0n) is 29.8. The normalized spacial score (nSPS) is 10.8. The molecule has 248 valence electrons. The van der Waals surface area contributed by atoms with Crippen LogP contribution < -0.4 is 0 Å². The molecule has 0 atom stereocenters. The van der Waals surface area contributed by atoms with E-state index in [1.165, 1.54) is 116 Å². The van der Waals surface area contributed by atoms with Crippen molar-refractivity contribution in [1.82, 2.24) is 0 Å². The first-order valence-corrected chi connectivity index (χ1v) is 23.9. The summed E-state index contributed by atoms with van der Waals surface area (Å²) in [5.41, 5.74) is 0. The third kappa shape index (κ3) is 42.2. The molecular weight excluding hydrogens is 652 g/mol. The molecule has 0 radical (unpaired) electrons. The standard InChI is InChI=1S/3C12H27P.HI/c3*1-4-7-10-13(11-8-5-2)12-9-6-3;/h3*4-12H2,1-3H3;1H. The van der Waals surface area contributed by atoms with E-state index in [1.807, 2.05) is 0 Å². The smallest absolute Gasteiger partial charge is 0.0326 e. The van der Waals surface area contributed by atoms with Crippen molar-refractivity contribution in [3.8, 4) is 0 Å². The third-order valence-corrected chi connectivity index (χ3v) is 16.0. The maximum absolute atomic E-state index is 2.31. The fourth-order valence-electron chi connectivity index (χ4n) is 4.44. The van der Waals surface area contributed by atoms with Crippen LogP contribution in [0.25, 0.3) is 0 Å². The highest BCUT2D eigenvalue weighted by molar-refractivity contribution is 14.0. The van der Waals surface area contributed by atoms with Crippen LogP contribution >= 0.6 is 47.7 Å². The van der Waals surface area contributed by atoms with Gasteiger partial charge in [-0.05, 0) is 113 Å². The summed E-state index contributed by atoms with van der Waals surface area (Å²) in [5, 5.41) is 0. The monoisotopic (exact) mass is 734 g/mol. The minimum atomic E-state index is 0. The molecule has 0 aromatic rings. The van der Waals surface area contributed by atoms with Gasteiger partial charge in [-0.25, -0.2) is 0 Å². The van der Waals surface area contributed by atoms with Gasteiger partial charge < -0.3 is 0 Å². The fraction of sp³-hybridized carbons (Fsp3) is 1.00. The summed E-state index contributed by atoms with van der Waals surface area (Å²) >= 11 is 0. The molecule has 0 spiro atoms.